The van der Waals surface area contributed by atoms with Crippen molar-refractivity contribution in [3.63, 3.8) is 0 Å². The highest BCUT2D eigenvalue weighted by Crippen LogP contribution is 2.34. The maximum absolute atomic E-state index is 9.66. The number of fused-ring (bicyclic) bond motifs is 2. The molecule has 0 aromatic carbocycles. The van der Waals surface area contributed by atoms with Crippen molar-refractivity contribution in [2.75, 3.05) is 0 Å². The second kappa shape index (κ2) is 2.63. The van der Waals surface area contributed by atoms with Crippen LogP contribution >= 0.6 is 0 Å². The van der Waals surface area contributed by atoms with E-state index in [0.717, 1.165) is 0 Å². The average Bonchev–Trinajstić information content (AvgIpc) is 2.35. The van der Waals surface area contributed by atoms with Gasteiger partial charge in [0.15, 0.2) is 0 Å². The molecule has 2 fully saturated rings. The summed E-state index contributed by atoms with van der Waals surface area (Å²) in [5.41, 5.74) is -1.68. The second-order valence-corrected chi connectivity index (χ2v) is 3.79. The van der Waals surface area contributed by atoms with Crippen molar-refractivity contribution in [1.82, 2.24) is 5.32 Å². The number of nitrogens with one attached hydrogen (secondary N) is 1. The van der Waals surface area contributed by atoms with Crippen LogP contribution in [-0.2, 0) is 0 Å². The fraction of sp³-hybridized carbons (Fsp3) is 1.00. The summed E-state index contributed by atoms with van der Waals surface area (Å²) >= 11 is 0. The summed E-state index contributed by atoms with van der Waals surface area (Å²) in [4.78, 5) is 0. The summed E-state index contributed by atoms with van der Waals surface area (Å²) in [5.74, 6) is 0. The normalized spacial score (nSPS) is 61.2. The van der Waals surface area contributed by atoms with Gasteiger partial charge in [-0.15, -0.1) is 0 Å². The highest BCUT2D eigenvalue weighted by atomic mass is 16.4. The first-order chi connectivity index (χ1) is 5.96. The minimum absolute atomic E-state index is 0.0903. The van der Waals surface area contributed by atoms with E-state index in [2.05, 4.69) is 5.32 Å². The third-order valence-corrected chi connectivity index (χ3v) is 2.88. The van der Waals surface area contributed by atoms with Crippen molar-refractivity contribution in [2.45, 2.75) is 42.6 Å². The molecule has 76 valence electrons. The third-order valence-electron chi connectivity index (χ3n) is 2.88. The molecule has 13 heavy (non-hydrogen) atoms. The van der Waals surface area contributed by atoms with Crippen molar-refractivity contribution in [3.05, 3.63) is 0 Å². The molecule has 6 nitrogen and oxygen atoms in total. The summed E-state index contributed by atoms with van der Waals surface area (Å²) < 4.78 is 0. The molecule has 2 aliphatic heterocycles. The average molecular weight is 191 g/mol. The molecule has 0 aromatic rings. The predicted molar refractivity (Wildman–Crippen MR) is 40.5 cm³/mol. The van der Waals surface area contributed by atoms with E-state index in [9.17, 15) is 25.5 Å². The standard InChI is InChI=1S/C7H13NO5/c9-2-1-7(13)6(12)5(11)4(10)3(2)8-7/h2-6,8-13H,1H2/t2?,3?,4?,5?,6-,7-/m0/s1. The Bertz CT molecular complexity index is 219. The maximum Gasteiger partial charge on any atom is 0.147 e. The molecule has 2 aliphatic rings. The molecular formula is C7H13NO5. The summed E-state index contributed by atoms with van der Waals surface area (Å²) in [6, 6.07) is -0.775. The van der Waals surface area contributed by atoms with Crippen molar-refractivity contribution in [1.29, 1.82) is 0 Å². The second-order valence-electron chi connectivity index (χ2n) is 3.79. The minimum atomic E-state index is -1.68. The quantitative estimate of drug-likeness (QED) is 0.237. The van der Waals surface area contributed by atoms with Crippen molar-refractivity contribution < 1.29 is 25.5 Å². The van der Waals surface area contributed by atoms with Crippen LogP contribution in [0.3, 0.4) is 0 Å². The van der Waals surface area contributed by atoms with Crippen LogP contribution in [0.2, 0.25) is 0 Å². The molecule has 0 aromatic heterocycles. The van der Waals surface area contributed by atoms with Crippen LogP contribution in [0.4, 0.5) is 0 Å². The molecular weight excluding hydrogens is 178 g/mol. The highest BCUT2D eigenvalue weighted by molar-refractivity contribution is 5.11. The smallest absolute Gasteiger partial charge is 0.147 e. The van der Waals surface area contributed by atoms with Crippen LogP contribution in [0.1, 0.15) is 6.42 Å². The summed E-state index contributed by atoms with van der Waals surface area (Å²) in [6.45, 7) is 0. The van der Waals surface area contributed by atoms with E-state index in [1.54, 1.807) is 0 Å². The van der Waals surface area contributed by atoms with Gasteiger partial charge in [-0.1, -0.05) is 0 Å². The van der Waals surface area contributed by atoms with E-state index >= 15 is 0 Å². The number of aliphatic hydroxyl groups excluding tert-OH is 4. The van der Waals surface area contributed by atoms with Crippen molar-refractivity contribution in [2.24, 2.45) is 0 Å². The number of hydrogen-bond acceptors (Lipinski definition) is 6. The van der Waals surface area contributed by atoms with Crippen LogP contribution in [0.15, 0.2) is 0 Å². The monoisotopic (exact) mass is 191 g/mol. The number of rotatable bonds is 0. The molecule has 2 rings (SSSR count). The van der Waals surface area contributed by atoms with E-state index < -0.39 is 36.2 Å². The van der Waals surface area contributed by atoms with Gasteiger partial charge in [-0.05, 0) is 0 Å². The van der Waals surface area contributed by atoms with E-state index in [-0.39, 0.29) is 6.42 Å². The van der Waals surface area contributed by atoms with Gasteiger partial charge < -0.3 is 25.5 Å². The summed E-state index contributed by atoms with van der Waals surface area (Å²) in [7, 11) is 0. The molecule has 0 aliphatic carbocycles. The van der Waals surface area contributed by atoms with E-state index in [1.807, 2.05) is 0 Å². The lowest BCUT2D eigenvalue weighted by Gasteiger charge is -2.40. The Balaban J connectivity index is 2.30. The molecule has 0 spiro atoms. The van der Waals surface area contributed by atoms with Crippen LogP contribution in [0.5, 0.6) is 0 Å². The third kappa shape index (κ3) is 1.11. The first-order valence-corrected chi connectivity index (χ1v) is 4.18. The summed E-state index contributed by atoms with van der Waals surface area (Å²) in [6.07, 6.45) is -5.20. The lowest BCUT2D eigenvalue weighted by Crippen LogP contribution is -2.67. The first-order valence-electron chi connectivity index (χ1n) is 4.18. The van der Waals surface area contributed by atoms with Gasteiger partial charge in [0.25, 0.3) is 0 Å². The molecule has 6 N–H and O–H groups in total. The SMILES string of the molecule is OC1C[C@@]2(O)NC1C(O)C(O)[C@@H]2O. The van der Waals surface area contributed by atoms with Crippen LogP contribution in [0, 0.1) is 0 Å². The van der Waals surface area contributed by atoms with Gasteiger partial charge in [0.1, 0.15) is 24.0 Å². The molecule has 6 heteroatoms. The molecule has 0 saturated carbocycles. The van der Waals surface area contributed by atoms with Gasteiger partial charge in [-0.2, -0.15) is 0 Å². The lowest BCUT2D eigenvalue weighted by molar-refractivity contribution is -0.187. The zero-order valence-electron chi connectivity index (χ0n) is 6.83. The molecule has 6 atom stereocenters. The molecule has 0 radical (unpaired) electrons. The van der Waals surface area contributed by atoms with Gasteiger partial charge in [0.2, 0.25) is 0 Å². The van der Waals surface area contributed by atoms with Gasteiger partial charge in [0.05, 0.1) is 12.1 Å². The van der Waals surface area contributed by atoms with Crippen molar-refractivity contribution in [3.8, 4) is 0 Å². The summed E-state index contributed by atoms with van der Waals surface area (Å²) in [5, 5.41) is 49.6. The van der Waals surface area contributed by atoms with Crippen LogP contribution in [0.25, 0.3) is 0 Å². The minimum Gasteiger partial charge on any atom is -0.391 e. The Morgan fingerprint density at radius 3 is 2.31 bits per heavy atom. The zero-order valence-corrected chi connectivity index (χ0v) is 6.83. The fourth-order valence-electron chi connectivity index (χ4n) is 2.09. The predicted octanol–water partition coefficient (Wildman–Crippen LogP) is -3.51. The molecule has 4 unspecified atom stereocenters. The van der Waals surface area contributed by atoms with Crippen LogP contribution < -0.4 is 5.32 Å². The molecule has 2 bridgehead atoms. The first kappa shape index (κ1) is 9.32. The fourth-order valence-corrected chi connectivity index (χ4v) is 2.09. The molecule has 2 saturated heterocycles. The number of hydrogen-bond donors (Lipinski definition) is 6. The van der Waals surface area contributed by atoms with Gasteiger partial charge in [-0.25, -0.2) is 0 Å². The number of piperidine rings is 1. The Kier molecular flexibility index (Phi) is 1.88. The van der Waals surface area contributed by atoms with Gasteiger partial charge in [-0.3, -0.25) is 5.32 Å². The Morgan fingerprint density at radius 1 is 1.08 bits per heavy atom. The topological polar surface area (TPSA) is 113 Å². The van der Waals surface area contributed by atoms with E-state index in [0.29, 0.717) is 0 Å². The number of aliphatic hydroxyl groups is 5. The lowest BCUT2D eigenvalue weighted by atomic mass is 9.94. The van der Waals surface area contributed by atoms with Crippen molar-refractivity contribution >= 4 is 0 Å². The van der Waals surface area contributed by atoms with E-state index in [4.69, 9.17) is 0 Å². The Hall–Kier alpha value is -0.240. The highest BCUT2D eigenvalue weighted by Gasteiger charge is 2.58. The van der Waals surface area contributed by atoms with E-state index in [1.165, 1.54) is 0 Å². The maximum atomic E-state index is 9.66. The van der Waals surface area contributed by atoms with Gasteiger partial charge in [0, 0.05) is 6.42 Å². The Labute approximate surface area is 74.4 Å². The molecule has 0 amide bonds. The van der Waals surface area contributed by atoms with Gasteiger partial charge >= 0.3 is 0 Å². The van der Waals surface area contributed by atoms with Crippen LogP contribution in [-0.4, -0.2) is 61.7 Å². The Morgan fingerprint density at radius 2 is 1.69 bits per heavy atom. The molecule has 2 heterocycles. The largest absolute Gasteiger partial charge is 0.391 e. The zero-order chi connectivity index (χ0) is 9.80.